The van der Waals surface area contributed by atoms with Crippen LogP contribution in [0.1, 0.15) is 17.5 Å². The van der Waals surface area contributed by atoms with Gasteiger partial charge in [-0.3, -0.25) is 4.90 Å². The lowest BCUT2D eigenvalue weighted by Gasteiger charge is -2.24. The number of anilines is 1. The van der Waals surface area contributed by atoms with Gasteiger partial charge in [0.05, 0.1) is 11.7 Å². The Kier molecular flexibility index (Phi) is 3.33. The molecule has 92 valence electrons. The number of nitrogens with zero attached hydrogens (tertiary/aromatic N) is 1. The van der Waals surface area contributed by atoms with Gasteiger partial charge in [-0.1, -0.05) is 18.2 Å². The zero-order valence-electron chi connectivity index (χ0n) is 10.3. The van der Waals surface area contributed by atoms with E-state index in [9.17, 15) is 4.79 Å². The molecule has 1 unspecified atom stereocenters. The predicted molar refractivity (Wildman–Crippen MR) is 67.2 cm³/mol. The van der Waals surface area contributed by atoms with Crippen molar-refractivity contribution in [1.82, 2.24) is 0 Å². The molecule has 1 aromatic rings. The van der Waals surface area contributed by atoms with Crippen LogP contribution in [0.25, 0.3) is 0 Å². The van der Waals surface area contributed by atoms with Crippen molar-refractivity contribution in [2.24, 2.45) is 5.73 Å². The molecule has 17 heavy (non-hydrogen) atoms. The van der Waals surface area contributed by atoms with Crippen LogP contribution in [-0.2, 0) is 4.74 Å². The standard InChI is InChI=1S/C13H18N2O2/c1-9-4-3-5-10(2)12(9)15-11(6-7-14)8-17-13(15)16/h3-5,11H,6-8,14H2,1-2H3. The maximum atomic E-state index is 11.8. The lowest BCUT2D eigenvalue weighted by molar-refractivity contribution is 0.178. The van der Waals surface area contributed by atoms with E-state index in [0.29, 0.717) is 13.2 Å². The second-order valence-electron chi connectivity index (χ2n) is 4.42. The van der Waals surface area contributed by atoms with E-state index in [0.717, 1.165) is 23.2 Å². The minimum absolute atomic E-state index is 0.0623. The maximum Gasteiger partial charge on any atom is 0.414 e. The summed E-state index contributed by atoms with van der Waals surface area (Å²) in [6.45, 7) is 5.01. The van der Waals surface area contributed by atoms with Gasteiger partial charge in [0, 0.05) is 0 Å². The van der Waals surface area contributed by atoms with E-state index in [-0.39, 0.29) is 12.1 Å². The van der Waals surface area contributed by atoms with Gasteiger partial charge in [-0.2, -0.15) is 0 Å². The van der Waals surface area contributed by atoms with Gasteiger partial charge >= 0.3 is 6.09 Å². The smallest absolute Gasteiger partial charge is 0.414 e. The van der Waals surface area contributed by atoms with E-state index < -0.39 is 0 Å². The molecular formula is C13H18N2O2. The van der Waals surface area contributed by atoms with Crippen LogP contribution in [0.15, 0.2) is 18.2 Å². The molecular weight excluding hydrogens is 216 g/mol. The molecule has 1 aliphatic rings. The van der Waals surface area contributed by atoms with Crippen molar-refractivity contribution in [3.05, 3.63) is 29.3 Å². The third-order valence-electron chi connectivity index (χ3n) is 3.14. The highest BCUT2D eigenvalue weighted by molar-refractivity contribution is 5.92. The van der Waals surface area contributed by atoms with E-state index in [4.69, 9.17) is 10.5 Å². The minimum atomic E-state index is -0.263. The second-order valence-corrected chi connectivity index (χ2v) is 4.42. The molecule has 4 nitrogen and oxygen atoms in total. The highest BCUT2D eigenvalue weighted by atomic mass is 16.6. The largest absolute Gasteiger partial charge is 0.447 e. The summed E-state index contributed by atoms with van der Waals surface area (Å²) in [5.41, 5.74) is 8.72. The first-order valence-corrected chi connectivity index (χ1v) is 5.87. The number of para-hydroxylation sites is 1. The molecule has 2 rings (SSSR count). The number of aryl methyl sites for hydroxylation is 2. The number of carbonyl (C=O) groups excluding carboxylic acids is 1. The van der Waals surface area contributed by atoms with Crippen molar-refractivity contribution < 1.29 is 9.53 Å². The van der Waals surface area contributed by atoms with Crippen molar-refractivity contribution in [2.45, 2.75) is 26.3 Å². The predicted octanol–water partition coefficient (Wildman–Crippen LogP) is 1.98. The van der Waals surface area contributed by atoms with E-state index >= 15 is 0 Å². The SMILES string of the molecule is Cc1cccc(C)c1N1C(=O)OCC1CCN. The molecule has 0 aromatic heterocycles. The summed E-state index contributed by atoms with van der Waals surface area (Å²) in [4.78, 5) is 13.6. The molecule has 1 saturated heterocycles. The lowest BCUT2D eigenvalue weighted by Crippen LogP contribution is -2.36. The number of rotatable bonds is 3. The van der Waals surface area contributed by atoms with Crippen molar-refractivity contribution in [3.63, 3.8) is 0 Å². The van der Waals surface area contributed by atoms with Crippen molar-refractivity contribution >= 4 is 11.8 Å². The molecule has 0 aliphatic carbocycles. The van der Waals surface area contributed by atoms with Crippen LogP contribution >= 0.6 is 0 Å². The molecule has 1 heterocycles. The van der Waals surface area contributed by atoms with Crippen LogP contribution in [0.4, 0.5) is 10.5 Å². The summed E-state index contributed by atoms with van der Waals surface area (Å²) in [5.74, 6) is 0. The first-order chi connectivity index (χ1) is 8.15. The summed E-state index contributed by atoms with van der Waals surface area (Å²) in [7, 11) is 0. The Balaban J connectivity index is 2.39. The molecule has 1 fully saturated rings. The van der Waals surface area contributed by atoms with Gasteiger partial charge in [0.15, 0.2) is 0 Å². The fourth-order valence-corrected chi connectivity index (χ4v) is 2.32. The Morgan fingerprint density at radius 1 is 1.41 bits per heavy atom. The number of amides is 1. The highest BCUT2D eigenvalue weighted by Gasteiger charge is 2.34. The molecule has 2 N–H and O–H groups in total. The zero-order valence-corrected chi connectivity index (χ0v) is 10.3. The Bertz CT molecular complexity index is 411. The quantitative estimate of drug-likeness (QED) is 0.870. The first-order valence-electron chi connectivity index (χ1n) is 5.87. The minimum Gasteiger partial charge on any atom is -0.447 e. The summed E-state index contributed by atoms with van der Waals surface area (Å²) >= 11 is 0. The number of cyclic esters (lactones) is 1. The highest BCUT2D eigenvalue weighted by Crippen LogP contribution is 2.30. The van der Waals surface area contributed by atoms with Gasteiger partial charge in [-0.05, 0) is 37.9 Å². The molecule has 0 radical (unpaired) electrons. The van der Waals surface area contributed by atoms with Gasteiger partial charge in [0.2, 0.25) is 0 Å². The monoisotopic (exact) mass is 234 g/mol. The normalized spacial score (nSPS) is 19.6. The summed E-state index contributed by atoms with van der Waals surface area (Å²) in [6, 6.07) is 6.07. The van der Waals surface area contributed by atoms with Crippen LogP contribution in [-0.4, -0.2) is 25.3 Å². The third kappa shape index (κ3) is 2.13. The fraction of sp³-hybridized carbons (Fsp3) is 0.462. The summed E-state index contributed by atoms with van der Waals surface area (Å²) < 4.78 is 5.13. The third-order valence-corrected chi connectivity index (χ3v) is 3.14. The molecule has 4 heteroatoms. The molecule has 1 aromatic carbocycles. The molecule has 0 bridgehead atoms. The second kappa shape index (κ2) is 4.75. The number of hydrogen-bond acceptors (Lipinski definition) is 3. The van der Waals surface area contributed by atoms with Crippen molar-refractivity contribution in [3.8, 4) is 0 Å². The van der Waals surface area contributed by atoms with E-state index in [1.807, 2.05) is 32.0 Å². The van der Waals surface area contributed by atoms with Gasteiger partial charge in [0.25, 0.3) is 0 Å². The number of ether oxygens (including phenoxy) is 1. The Morgan fingerprint density at radius 3 is 2.65 bits per heavy atom. The van der Waals surface area contributed by atoms with Crippen LogP contribution in [0.3, 0.4) is 0 Å². The number of hydrogen-bond donors (Lipinski definition) is 1. The number of benzene rings is 1. The van der Waals surface area contributed by atoms with Crippen LogP contribution in [0.2, 0.25) is 0 Å². The molecule has 1 atom stereocenters. The number of carbonyl (C=O) groups is 1. The summed E-state index contributed by atoms with van der Waals surface area (Å²) in [5, 5.41) is 0. The molecule has 0 spiro atoms. The topological polar surface area (TPSA) is 55.6 Å². The average Bonchev–Trinajstić information content (AvgIpc) is 2.62. The van der Waals surface area contributed by atoms with Crippen LogP contribution in [0, 0.1) is 13.8 Å². The first kappa shape index (κ1) is 11.9. The Morgan fingerprint density at radius 2 is 2.06 bits per heavy atom. The van der Waals surface area contributed by atoms with Crippen LogP contribution in [0.5, 0.6) is 0 Å². The van der Waals surface area contributed by atoms with Gasteiger partial charge in [-0.15, -0.1) is 0 Å². The fourth-order valence-electron chi connectivity index (χ4n) is 2.32. The van der Waals surface area contributed by atoms with E-state index in [1.54, 1.807) is 4.90 Å². The van der Waals surface area contributed by atoms with E-state index in [1.165, 1.54) is 0 Å². The molecule has 1 aliphatic heterocycles. The van der Waals surface area contributed by atoms with Gasteiger partial charge in [0.1, 0.15) is 6.61 Å². The van der Waals surface area contributed by atoms with E-state index in [2.05, 4.69) is 0 Å². The van der Waals surface area contributed by atoms with Gasteiger partial charge in [-0.25, -0.2) is 4.79 Å². The Labute approximate surface area is 101 Å². The Hall–Kier alpha value is -1.55. The molecule has 0 saturated carbocycles. The maximum absolute atomic E-state index is 11.8. The van der Waals surface area contributed by atoms with Gasteiger partial charge < -0.3 is 10.5 Å². The zero-order chi connectivity index (χ0) is 12.4. The average molecular weight is 234 g/mol. The van der Waals surface area contributed by atoms with Crippen molar-refractivity contribution in [2.75, 3.05) is 18.1 Å². The van der Waals surface area contributed by atoms with Crippen LogP contribution < -0.4 is 10.6 Å². The van der Waals surface area contributed by atoms with Crippen molar-refractivity contribution in [1.29, 1.82) is 0 Å². The lowest BCUT2D eigenvalue weighted by atomic mass is 10.1. The summed E-state index contributed by atoms with van der Waals surface area (Å²) in [6.07, 6.45) is 0.500. The molecule has 1 amide bonds. The number of nitrogens with two attached hydrogens (primary N) is 1.